The average Bonchev–Trinajstić information content (AvgIpc) is 2.75. The lowest BCUT2D eigenvalue weighted by Crippen LogP contribution is -2.07. The summed E-state index contributed by atoms with van der Waals surface area (Å²) in [6, 6.07) is 0. The molecule has 0 fully saturated rings. The molecule has 2 aliphatic heterocycles. The Hall–Kier alpha value is -0.600. The third-order valence-electron chi connectivity index (χ3n) is 2.94. The quantitative estimate of drug-likeness (QED) is 0.386. The zero-order valence-electron chi connectivity index (χ0n) is 12.2. The van der Waals surface area contributed by atoms with Crippen molar-refractivity contribution in [3.05, 3.63) is 22.3 Å². The fraction of sp³-hybridized carbons (Fsp3) is 0.500. The molecule has 2 atom stereocenters. The smallest absolute Gasteiger partial charge is 0.336 e. The number of hydrogen-bond acceptors (Lipinski definition) is 6. The Labute approximate surface area is 144 Å². The summed E-state index contributed by atoms with van der Waals surface area (Å²) in [6.45, 7) is 6.80. The molecule has 0 aliphatic carbocycles. The summed E-state index contributed by atoms with van der Waals surface area (Å²) in [5, 5.41) is 8.84. The number of esters is 2. The topological polar surface area (TPSA) is 89.9 Å². The molecule has 6 nitrogen and oxygen atoms in total. The molecule has 0 amide bonds. The van der Waals surface area contributed by atoms with Crippen LogP contribution < -0.4 is 0 Å². The van der Waals surface area contributed by atoms with E-state index in [0.29, 0.717) is 16.7 Å². The highest BCUT2D eigenvalue weighted by atomic mass is 36.0. The maximum Gasteiger partial charge on any atom is 0.336 e. The Balaban J connectivity index is 0.000000326. The molecule has 2 aliphatic rings. The van der Waals surface area contributed by atoms with Gasteiger partial charge in [-0.05, 0) is 33.3 Å². The molecule has 0 saturated heterocycles. The maximum absolute atomic E-state index is 10.6. The summed E-state index contributed by atoms with van der Waals surface area (Å²) < 4.78 is 18.2. The van der Waals surface area contributed by atoms with E-state index in [-0.39, 0.29) is 5.97 Å². The normalized spacial score (nSPS) is 23.7. The van der Waals surface area contributed by atoms with Crippen molar-refractivity contribution in [2.24, 2.45) is 0 Å². The third kappa shape index (κ3) is 6.66. The highest BCUT2D eigenvalue weighted by Gasteiger charge is 2.26. The van der Waals surface area contributed by atoms with Crippen LogP contribution in [0.25, 0.3) is 0 Å². The van der Waals surface area contributed by atoms with Gasteiger partial charge in [-0.1, -0.05) is 11.6 Å². The van der Waals surface area contributed by atoms with Gasteiger partial charge in [-0.25, -0.2) is 13.8 Å². The molecule has 0 aromatic heterocycles. The minimum absolute atomic E-state index is 0.299. The van der Waals surface area contributed by atoms with Gasteiger partial charge >= 0.3 is 11.9 Å². The summed E-state index contributed by atoms with van der Waals surface area (Å²) in [7, 11) is 7.36. The molecule has 2 unspecified atom stereocenters. The summed E-state index contributed by atoms with van der Waals surface area (Å²) in [6.07, 6.45) is -1.00. The summed E-state index contributed by atoms with van der Waals surface area (Å²) in [4.78, 5) is 21.2. The molecular weight excluding hydrogens is 379 g/mol. The molecule has 1 N–H and O–H groups in total. The predicted octanol–water partition coefficient (Wildman–Crippen LogP) is 2.69. The van der Waals surface area contributed by atoms with Gasteiger partial charge in [-0.15, -0.1) is 0 Å². The molecule has 2 rings (SSSR count). The molecule has 126 valence electrons. The largest absolute Gasteiger partial charge is 0.438 e. The average molecular weight is 394 g/mol. The second-order valence-electron chi connectivity index (χ2n) is 4.28. The van der Waals surface area contributed by atoms with Crippen molar-refractivity contribution in [1.29, 1.82) is 0 Å². The van der Waals surface area contributed by atoms with Crippen molar-refractivity contribution < 1.29 is 28.4 Å². The van der Waals surface area contributed by atoms with E-state index in [1.807, 2.05) is 0 Å². The maximum atomic E-state index is 10.6. The number of hydrogen-bond donors (Lipinski definition) is 1. The number of carbonyl (C=O) groups excluding carboxylic acids is 2. The lowest BCUT2D eigenvalue weighted by molar-refractivity contribution is -0.151. The van der Waals surface area contributed by atoms with E-state index >= 15 is 0 Å². The van der Waals surface area contributed by atoms with Crippen LogP contribution in [0.4, 0.5) is 0 Å². The van der Waals surface area contributed by atoms with Crippen LogP contribution >= 0.6 is 33.0 Å². The van der Waals surface area contributed by atoms with Crippen LogP contribution in [0.15, 0.2) is 22.3 Å². The molecule has 2 heterocycles. The van der Waals surface area contributed by atoms with Crippen molar-refractivity contribution in [2.75, 3.05) is 0 Å². The third-order valence-corrected chi connectivity index (χ3v) is 3.35. The summed E-state index contributed by atoms with van der Waals surface area (Å²) in [5.74, 6) is -0.715. The molecule has 0 bridgehead atoms. The molecular formula is C12H15Cl3O6S. The van der Waals surface area contributed by atoms with Crippen LogP contribution in [-0.4, -0.2) is 33.1 Å². The van der Waals surface area contributed by atoms with Crippen LogP contribution in [0.3, 0.4) is 0 Å². The van der Waals surface area contributed by atoms with Crippen LogP contribution in [-0.2, 0) is 28.3 Å². The van der Waals surface area contributed by atoms with Crippen molar-refractivity contribution in [3.8, 4) is 0 Å². The second-order valence-corrected chi connectivity index (χ2v) is 7.20. The van der Waals surface area contributed by atoms with Gasteiger partial charge in [0.2, 0.25) is 15.5 Å². The zero-order valence-corrected chi connectivity index (χ0v) is 15.3. The van der Waals surface area contributed by atoms with E-state index in [2.05, 4.69) is 30.8 Å². The molecule has 22 heavy (non-hydrogen) atoms. The lowest BCUT2D eigenvalue weighted by atomic mass is 10.2. The van der Waals surface area contributed by atoms with E-state index in [9.17, 15) is 9.59 Å². The first-order valence-corrected chi connectivity index (χ1v) is 9.06. The SMILES string of the molecule is CC1=C(C)C(Cl)OC1=O.CC1=C(C)C(O)OC1=O.O=S(Cl)Cl. The van der Waals surface area contributed by atoms with Gasteiger partial charge in [0.05, 0.1) is 0 Å². The Bertz CT molecular complexity index is 497. The van der Waals surface area contributed by atoms with Crippen LogP contribution in [0, 0.1) is 0 Å². The number of alkyl halides is 1. The van der Waals surface area contributed by atoms with E-state index in [1.165, 1.54) is 0 Å². The Kier molecular flexibility index (Phi) is 9.26. The highest BCUT2D eigenvalue weighted by molar-refractivity contribution is 8.26. The summed E-state index contributed by atoms with van der Waals surface area (Å²) >= 11 is 5.55. The first-order valence-electron chi connectivity index (χ1n) is 5.82. The zero-order chi connectivity index (χ0) is 17.6. The Morgan fingerprint density at radius 1 is 0.955 bits per heavy atom. The highest BCUT2D eigenvalue weighted by Crippen LogP contribution is 2.23. The molecule has 0 saturated carbocycles. The number of ether oxygens (including phenoxy) is 2. The minimum atomic E-state index is -1.67. The van der Waals surface area contributed by atoms with E-state index in [1.54, 1.807) is 27.7 Å². The number of aliphatic hydroxyl groups excluding tert-OH is 1. The first kappa shape index (κ1) is 21.4. The van der Waals surface area contributed by atoms with E-state index < -0.39 is 27.0 Å². The van der Waals surface area contributed by atoms with Gasteiger partial charge in [0, 0.05) is 38.1 Å². The number of cyclic esters (lactones) is 2. The fourth-order valence-corrected chi connectivity index (χ4v) is 1.47. The van der Waals surface area contributed by atoms with Gasteiger partial charge < -0.3 is 14.6 Å². The van der Waals surface area contributed by atoms with E-state index in [4.69, 9.17) is 20.9 Å². The van der Waals surface area contributed by atoms with E-state index in [0.717, 1.165) is 5.57 Å². The van der Waals surface area contributed by atoms with Gasteiger partial charge in [-0.3, -0.25) is 0 Å². The fourth-order valence-electron chi connectivity index (χ4n) is 1.23. The van der Waals surface area contributed by atoms with Gasteiger partial charge in [0.25, 0.3) is 0 Å². The summed E-state index contributed by atoms with van der Waals surface area (Å²) in [5.41, 5.74) is 2.05. The molecule has 0 aromatic carbocycles. The second kappa shape index (κ2) is 9.52. The molecule has 0 aromatic rings. The Morgan fingerprint density at radius 2 is 1.32 bits per heavy atom. The lowest BCUT2D eigenvalue weighted by Gasteiger charge is -1.99. The minimum Gasteiger partial charge on any atom is -0.438 e. The number of aliphatic hydroxyl groups is 1. The predicted molar refractivity (Wildman–Crippen MR) is 84.4 cm³/mol. The number of carbonyl (C=O) groups is 2. The Morgan fingerprint density at radius 3 is 1.41 bits per heavy atom. The van der Waals surface area contributed by atoms with Gasteiger partial charge in [0.1, 0.15) is 0 Å². The van der Waals surface area contributed by atoms with Gasteiger partial charge in [0.15, 0.2) is 5.56 Å². The molecule has 10 heteroatoms. The van der Waals surface area contributed by atoms with Gasteiger partial charge in [-0.2, -0.15) is 0 Å². The van der Waals surface area contributed by atoms with Crippen LogP contribution in [0.1, 0.15) is 27.7 Å². The molecule has 0 radical (unpaired) electrons. The van der Waals surface area contributed by atoms with Crippen LogP contribution in [0.2, 0.25) is 0 Å². The van der Waals surface area contributed by atoms with Crippen molar-refractivity contribution in [1.82, 2.24) is 0 Å². The monoisotopic (exact) mass is 392 g/mol. The van der Waals surface area contributed by atoms with Crippen molar-refractivity contribution in [2.45, 2.75) is 39.5 Å². The van der Waals surface area contributed by atoms with Crippen molar-refractivity contribution >= 4 is 54.1 Å². The van der Waals surface area contributed by atoms with Crippen molar-refractivity contribution in [3.63, 3.8) is 0 Å². The number of halogens is 3. The number of rotatable bonds is 0. The first-order chi connectivity index (χ1) is 9.98. The standard InChI is InChI=1S/C6H7ClO2.C6H8O3.Cl2OS/c2*1-3-4(2)6(8)9-5(3)7;1-4(2)3/h5H,1-2H3;5,7H,1-2H3;. The van der Waals surface area contributed by atoms with Crippen LogP contribution in [0.5, 0.6) is 0 Å². The molecule has 0 spiro atoms.